The lowest BCUT2D eigenvalue weighted by Gasteiger charge is -2.11. The first-order chi connectivity index (χ1) is 18.9. The van der Waals surface area contributed by atoms with Gasteiger partial charge >= 0.3 is 0 Å². The largest absolute Gasteiger partial charge is 0.230 e. The fourth-order valence-corrected chi connectivity index (χ4v) is 6.53. The molecule has 0 bridgehead atoms. The van der Waals surface area contributed by atoms with Crippen LogP contribution in [-0.4, -0.2) is 9.61 Å². The second-order valence-corrected chi connectivity index (χ2v) is 10.6. The van der Waals surface area contributed by atoms with Gasteiger partial charge in [0, 0.05) is 16.5 Å². The third-order valence-corrected chi connectivity index (χ3v) is 8.37. The Morgan fingerprint density at radius 3 is 1.97 bits per heavy atom. The maximum Gasteiger partial charge on any atom is 0.102 e. The van der Waals surface area contributed by atoms with Crippen molar-refractivity contribution in [3.63, 3.8) is 0 Å². The zero-order valence-electron chi connectivity index (χ0n) is 20.5. The molecule has 0 aliphatic rings. The molecule has 0 N–H and O–H groups in total. The topological polar surface area (TPSA) is 17.3 Å². The molecule has 8 aromatic rings. The van der Waals surface area contributed by atoms with Crippen molar-refractivity contribution < 1.29 is 0 Å². The number of nitrogens with zero attached hydrogens (tertiary/aromatic N) is 2. The van der Waals surface area contributed by atoms with Crippen LogP contribution in [0.25, 0.3) is 70.8 Å². The van der Waals surface area contributed by atoms with E-state index in [1.54, 1.807) is 11.3 Å². The third kappa shape index (κ3) is 3.16. The summed E-state index contributed by atoms with van der Waals surface area (Å²) in [7, 11) is 0. The number of hydrogen-bond donors (Lipinski definition) is 0. The number of thiophene rings is 1. The van der Waals surface area contributed by atoms with Crippen LogP contribution in [0.1, 0.15) is 0 Å². The van der Waals surface area contributed by atoms with E-state index >= 15 is 0 Å². The first kappa shape index (κ1) is 21.4. The number of hydrogen-bond acceptors (Lipinski definition) is 2. The molecule has 0 saturated heterocycles. The number of benzene rings is 5. The van der Waals surface area contributed by atoms with Crippen LogP contribution in [0, 0.1) is 0 Å². The molecule has 2 nitrogen and oxygen atoms in total. The Balaban J connectivity index is 1.60. The highest BCUT2D eigenvalue weighted by molar-refractivity contribution is 7.13. The van der Waals surface area contributed by atoms with Gasteiger partial charge in [-0.1, -0.05) is 109 Å². The molecule has 3 aromatic heterocycles. The highest BCUT2D eigenvalue weighted by atomic mass is 32.1. The molecule has 0 saturated carbocycles. The van der Waals surface area contributed by atoms with E-state index in [-0.39, 0.29) is 0 Å². The van der Waals surface area contributed by atoms with Gasteiger partial charge < -0.3 is 0 Å². The molecule has 0 aliphatic heterocycles. The summed E-state index contributed by atoms with van der Waals surface area (Å²) in [6, 6.07) is 45.7. The maximum absolute atomic E-state index is 5.45. The maximum atomic E-state index is 5.45. The quantitative estimate of drug-likeness (QED) is 0.220. The summed E-state index contributed by atoms with van der Waals surface area (Å²) >= 11 is 1.75. The smallest absolute Gasteiger partial charge is 0.102 e. The SMILES string of the molecule is c1ccc(-c2c(-c3cc4ccccc4c4ccccc34)nn3c(-c4cccs4)cc4ccccc4c23)cc1. The Labute approximate surface area is 224 Å². The zero-order valence-corrected chi connectivity index (χ0v) is 21.3. The Kier molecular flexibility index (Phi) is 4.73. The third-order valence-electron chi connectivity index (χ3n) is 7.48. The molecule has 8 rings (SSSR count). The minimum Gasteiger partial charge on any atom is -0.230 e. The fraction of sp³-hybridized carbons (Fsp3) is 0. The minimum absolute atomic E-state index is 1.01. The summed E-state index contributed by atoms with van der Waals surface area (Å²) in [4.78, 5) is 1.21. The average molecular weight is 503 g/mol. The van der Waals surface area contributed by atoms with Gasteiger partial charge in [0.1, 0.15) is 5.69 Å². The highest BCUT2D eigenvalue weighted by Crippen LogP contribution is 2.44. The second-order valence-electron chi connectivity index (χ2n) is 9.64. The van der Waals surface area contributed by atoms with Crippen LogP contribution in [0.4, 0.5) is 0 Å². The van der Waals surface area contributed by atoms with E-state index in [2.05, 4.69) is 137 Å². The van der Waals surface area contributed by atoms with Gasteiger partial charge in [0.25, 0.3) is 0 Å². The van der Waals surface area contributed by atoms with Gasteiger partial charge in [0.05, 0.1) is 16.1 Å². The van der Waals surface area contributed by atoms with Gasteiger partial charge in [-0.3, -0.25) is 0 Å². The van der Waals surface area contributed by atoms with Crippen molar-refractivity contribution in [1.29, 1.82) is 0 Å². The molecule has 0 radical (unpaired) electrons. The summed E-state index contributed by atoms with van der Waals surface area (Å²) in [5, 5.41) is 15.0. The molecular formula is C35H22N2S. The van der Waals surface area contributed by atoms with Crippen molar-refractivity contribution in [1.82, 2.24) is 9.61 Å². The number of rotatable bonds is 3. The first-order valence-electron chi connectivity index (χ1n) is 12.8. The molecular weight excluding hydrogens is 480 g/mol. The lowest BCUT2D eigenvalue weighted by molar-refractivity contribution is 0.983. The van der Waals surface area contributed by atoms with Crippen molar-refractivity contribution in [3.8, 4) is 33.0 Å². The normalized spacial score (nSPS) is 11.7. The van der Waals surface area contributed by atoms with Crippen LogP contribution in [0.5, 0.6) is 0 Å². The van der Waals surface area contributed by atoms with Gasteiger partial charge in [-0.15, -0.1) is 11.3 Å². The van der Waals surface area contributed by atoms with Gasteiger partial charge in [-0.2, -0.15) is 5.10 Å². The Bertz CT molecular complexity index is 2120. The Morgan fingerprint density at radius 1 is 0.553 bits per heavy atom. The summed E-state index contributed by atoms with van der Waals surface area (Å²) < 4.78 is 2.18. The summed E-state index contributed by atoms with van der Waals surface area (Å²) in [5.74, 6) is 0. The molecule has 0 spiro atoms. The Morgan fingerprint density at radius 2 is 1.21 bits per heavy atom. The lowest BCUT2D eigenvalue weighted by atomic mass is 9.92. The van der Waals surface area contributed by atoms with Crippen LogP contribution in [0.15, 0.2) is 133 Å². The van der Waals surface area contributed by atoms with Gasteiger partial charge in [-0.25, -0.2) is 4.52 Å². The van der Waals surface area contributed by atoms with Crippen molar-refractivity contribution in [2.45, 2.75) is 0 Å². The van der Waals surface area contributed by atoms with E-state index in [4.69, 9.17) is 5.10 Å². The molecule has 3 heteroatoms. The van der Waals surface area contributed by atoms with Crippen LogP contribution in [0.2, 0.25) is 0 Å². The van der Waals surface area contributed by atoms with E-state index in [1.807, 2.05) is 0 Å². The first-order valence-corrected chi connectivity index (χ1v) is 13.7. The van der Waals surface area contributed by atoms with E-state index in [9.17, 15) is 0 Å². The molecule has 38 heavy (non-hydrogen) atoms. The zero-order chi connectivity index (χ0) is 25.1. The molecule has 5 aromatic carbocycles. The molecule has 178 valence electrons. The molecule has 0 unspecified atom stereocenters. The van der Waals surface area contributed by atoms with Gasteiger partial charge in [0.2, 0.25) is 0 Å². The standard InChI is InChI=1S/C35H22N2S/c1-2-11-23(12-3-1)33-34(30-21-24-13-4-6-15-26(24)28-17-8-9-18-29(28)30)36-37-31(32-19-10-20-38-32)22-25-14-5-7-16-27(25)35(33)37/h1-22H. The number of fused-ring (bicyclic) bond motifs is 6. The highest BCUT2D eigenvalue weighted by Gasteiger charge is 2.23. The van der Waals surface area contributed by atoms with Crippen molar-refractivity contribution in [3.05, 3.63) is 133 Å². The van der Waals surface area contributed by atoms with E-state index in [1.165, 1.54) is 48.3 Å². The molecule has 3 heterocycles. The fourth-order valence-electron chi connectivity index (χ4n) is 5.80. The molecule has 0 aliphatic carbocycles. The Hall–Kier alpha value is -4.73. The van der Waals surface area contributed by atoms with Crippen molar-refractivity contribution >= 4 is 49.2 Å². The lowest BCUT2D eigenvalue weighted by Crippen LogP contribution is -1.94. The molecule has 0 atom stereocenters. The van der Waals surface area contributed by atoms with Gasteiger partial charge in [-0.05, 0) is 56.1 Å². The van der Waals surface area contributed by atoms with Crippen molar-refractivity contribution in [2.75, 3.05) is 0 Å². The van der Waals surface area contributed by atoms with Crippen LogP contribution in [-0.2, 0) is 0 Å². The summed E-state index contributed by atoms with van der Waals surface area (Å²) in [6.07, 6.45) is 0. The van der Waals surface area contributed by atoms with E-state index in [0.717, 1.165) is 22.5 Å². The van der Waals surface area contributed by atoms with E-state index < -0.39 is 0 Å². The van der Waals surface area contributed by atoms with Crippen molar-refractivity contribution in [2.24, 2.45) is 0 Å². The monoisotopic (exact) mass is 502 g/mol. The second kappa shape index (κ2) is 8.41. The molecule has 0 amide bonds. The van der Waals surface area contributed by atoms with Crippen LogP contribution < -0.4 is 0 Å². The average Bonchev–Trinajstić information content (AvgIpc) is 3.66. The number of aromatic nitrogens is 2. The van der Waals surface area contributed by atoms with Crippen LogP contribution in [0.3, 0.4) is 0 Å². The predicted molar refractivity (Wildman–Crippen MR) is 162 cm³/mol. The number of pyridine rings is 1. The summed E-state index contributed by atoms with van der Waals surface area (Å²) in [5.41, 5.74) is 6.76. The van der Waals surface area contributed by atoms with Crippen LogP contribution >= 0.6 is 11.3 Å². The summed E-state index contributed by atoms with van der Waals surface area (Å²) in [6.45, 7) is 0. The predicted octanol–water partition coefficient (Wildman–Crippen LogP) is 9.86. The minimum atomic E-state index is 1.01. The van der Waals surface area contributed by atoms with E-state index in [0.29, 0.717) is 0 Å². The van der Waals surface area contributed by atoms with Gasteiger partial charge in [0.15, 0.2) is 0 Å². The molecule has 0 fully saturated rings.